The van der Waals surface area contributed by atoms with Gasteiger partial charge in [0, 0.05) is 11.1 Å². The van der Waals surface area contributed by atoms with Crippen LogP contribution in [-0.2, 0) is 6.42 Å². The number of rotatable bonds is 2. The molecule has 2 nitrogen and oxygen atoms in total. The predicted octanol–water partition coefficient (Wildman–Crippen LogP) is 3.34. The Labute approximate surface area is 116 Å². The van der Waals surface area contributed by atoms with Gasteiger partial charge < -0.3 is 10.5 Å². The van der Waals surface area contributed by atoms with Crippen LogP contribution in [0.15, 0.2) is 36.4 Å². The summed E-state index contributed by atoms with van der Waals surface area (Å²) in [7, 11) is 0. The monoisotopic (exact) mass is 275 g/mol. The Hall–Kier alpha value is -1.94. The highest BCUT2D eigenvalue weighted by atomic mass is 19.2. The number of halogens is 2. The second-order valence-corrected chi connectivity index (χ2v) is 4.91. The summed E-state index contributed by atoms with van der Waals surface area (Å²) in [4.78, 5) is 0. The Morgan fingerprint density at radius 1 is 1.05 bits per heavy atom. The lowest BCUT2D eigenvalue weighted by atomic mass is 9.94. The smallest absolute Gasteiger partial charge is 0.163 e. The average molecular weight is 275 g/mol. The largest absolute Gasteiger partial charge is 0.493 e. The molecule has 0 bridgehead atoms. The molecule has 2 aromatic rings. The number of nitrogens with two attached hydrogens (primary N) is 1. The van der Waals surface area contributed by atoms with Gasteiger partial charge in [0.05, 0.1) is 12.6 Å². The van der Waals surface area contributed by atoms with Crippen molar-refractivity contribution >= 4 is 0 Å². The first kappa shape index (κ1) is 13.1. The van der Waals surface area contributed by atoms with E-state index in [1.54, 1.807) is 6.07 Å². The molecule has 4 heteroatoms. The van der Waals surface area contributed by atoms with Crippen molar-refractivity contribution in [3.8, 4) is 5.75 Å². The molecule has 1 aliphatic rings. The third-order valence-corrected chi connectivity index (χ3v) is 3.62. The summed E-state index contributed by atoms with van der Waals surface area (Å²) < 4.78 is 32.9. The lowest BCUT2D eigenvalue weighted by Crippen LogP contribution is -2.18. The van der Waals surface area contributed by atoms with Crippen molar-refractivity contribution in [3.63, 3.8) is 0 Å². The molecule has 1 atom stereocenters. The molecule has 3 rings (SSSR count). The van der Waals surface area contributed by atoms with Gasteiger partial charge >= 0.3 is 0 Å². The molecule has 0 radical (unpaired) electrons. The molecule has 0 aromatic heterocycles. The Bertz CT molecular complexity index is 642. The van der Waals surface area contributed by atoms with Gasteiger partial charge in [0.25, 0.3) is 0 Å². The molecule has 0 saturated heterocycles. The molecule has 0 amide bonds. The lowest BCUT2D eigenvalue weighted by molar-refractivity contribution is 0.284. The van der Waals surface area contributed by atoms with E-state index in [0.29, 0.717) is 12.2 Å². The minimum absolute atomic E-state index is 0.146. The summed E-state index contributed by atoms with van der Waals surface area (Å²) in [5.74, 6) is -1.06. The highest BCUT2D eigenvalue weighted by Gasteiger charge is 2.22. The molecule has 0 fully saturated rings. The first-order valence-electron chi connectivity index (χ1n) is 6.62. The number of ether oxygens (including phenoxy) is 1. The fourth-order valence-corrected chi connectivity index (χ4v) is 2.59. The molecular formula is C16H15F2NO. The zero-order valence-corrected chi connectivity index (χ0v) is 10.9. The van der Waals surface area contributed by atoms with Crippen molar-refractivity contribution in [1.82, 2.24) is 0 Å². The van der Waals surface area contributed by atoms with Crippen molar-refractivity contribution in [3.05, 3.63) is 64.7 Å². The van der Waals surface area contributed by atoms with E-state index in [4.69, 9.17) is 10.5 Å². The van der Waals surface area contributed by atoms with Crippen LogP contribution >= 0.6 is 0 Å². The van der Waals surface area contributed by atoms with E-state index < -0.39 is 17.7 Å². The average Bonchev–Trinajstić information content (AvgIpc) is 2.49. The quantitative estimate of drug-likeness (QED) is 0.912. The Morgan fingerprint density at radius 3 is 2.65 bits per heavy atom. The molecular weight excluding hydrogens is 260 g/mol. The Kier molecular flexibility index (Phi) is 3.40. The molecule has 20 heavy (non-hydrogen) atoms. The molecule has 104 valence electrons. The molecule has 0 aliphatic carbocycles. The lowest BCUT2D eigenvalue weighted by Gasteiger charge is -2.23. The van der Waals surface area contributed by atoms with E-state index in [1.165, 1.54) is 12.1 Å². The molecule has 2 N–H and O–H groups in total. The molecule has 0 saturated carbocycles. The van der Waals surface area contributed by atoms with Crippen LogP contribution in [-0.4, -0.2) is 6.61 Å². The van der Waals surface area contributed by atoms with Crippen LogP contribution in [0.5, 0.6) is 5.75 Å². The SMILES string of the molecule is NC(c1cccc(F)c1F)c1cccc2c1OCCC2. The normalized spacial score (nSPS) is 15.3. The summed E-state index contributed by atoms with van der Waals surface area (Å²) in [6.07, 6.45) is 1.88. The van der Waals surface area contributed by atoms with Crippen molar-refractivity contribution in [2.24, 2.45) is 5.73 Å². The third-order valence-electron chi connectivity index (χ3n) is 3.62. The zero-order valence-electron chi connectivity index (χ0n) is 10.9. The summed E-state index contributed by atoms with van der Waals surface area (Å²) >= 11 is 0. The van der Waals surface area contributed by atoms with Crippen LogP contribution in [0, 0.1) is 11.6 Å². The maximum absolute atomic E-state index is 13.9. The number of hydrogen-bond donors (Lipinski definition) is 1. The van der Waals surface area contributed by atoms with Crippen molar-refractivity contribution < 1.29 is 13.5 Å². The third kappa shape index (κ3) is 2.16. The van der Waals surface area contributed by atoms with Crippen LogP contribution < -0.4 is 10.5 Å². The van der Waals surface area contributed by atoms with Gasteiger partial charge in [0.1, 0.15) is 5.75 Å². The number of benzene rings is 2. The van der Waals surface area contributed by atoms with Gasteiger partial charge in [-0.1, -0.05) is 30.3 Å². The van der Waals surface area contributed by atoms with Gasteiger partial charge in [0.15, 0.2) is 11.6 Å². The van der Waals surface area contributed by atoms with Gasteiger partial charge in [-0.15, -0.1) is 0 Å². The highest BCUT2D eigenvalue weighted by Crippen LogP contribution is 2.35. The van der Waals surface area contributed by atoms with E-state index in [9.17, 15) is 8.78 Å². The number of fused-ring (bicyclic) bond motifs is 1. The van der Waals surface area contributed by atoms with Crippen molar-refractivity contribution in [1.29, 1.82) is 0 Å². The van der Waals surface area contributed by atoms with E-state index in [1.807, 2.05) is 12.1 Å². The number of hydrogen-bond acceptors (Lipinski definition) is 2. The molecule has 1 heterocycles. The first-order chi connectivity index (χ1) is 9.68. The fraction of sp³-hybridized carbons (Fsp3) is 0.250. The van der Waals surface area contributed by atoms with Gasteiger partial charge in [-0.2, -0.15) is 0 Å². The van der Waals surface area contributed by atoms with E-state index in [0.717, 1.165) is 30.2 Å². The van der Waals surface area contributed by atoms with Crippen LogP contribution in [0.2, 0.25) is 0 Å². The summed E-state index contributed by atoms with van der Waals surface area (Å²) in [6, 6.07) is 8.97. The fourth-order valence-electron chi connectivity index (χ4n) is 2.59. The van der Waals surface area contributed by atoms with Crippen LogP contribution in [0.1, 0.15) is 29.2 Å². The van der Waals surface area contributed by atoms with E-state index in [-0.39, 0.29) is 5.56 Å². The zero-order chi connectivity index (χ0) is 14.1. The van der Waals surface area contributed by atoms with Gasteiger partial charge in [-0.3, -0.25) is 0 Å². The van der Waals surface area contributed by atoms with Crippen molar-refractivity contribution in [2.75, 3.05) is 6.61 Å². The Balaban J connectivity index is 2.07. The van der Waals surface area contributed by atoms with E-state index in [2.05, 4.69) is 0 Å². The second kappa shape index (κ2) is 5.21. The minimum Gasteiger partial charge on any atom is -0.493 e. The number of para-hydroxylation sites is 1. The van der Waals surface area contributed by atoms with Gasteiger partial charge in [-0.25, -0.2) is 8.78 Å². The summed E-state index contributed by atoms with van der Waals surface area (Å²) in [5.41, 5.74) is 8.04. The molecule has 2 aromatic carbocycles. The minimum atomic E-state index is -0.895. The van der Waals surface area contributed by atoms with Gasteiger partial charge in [0.2, 0.25) is 0 Å². The van der Waals surface area contributed by atoms with Crippen LogP contribution in [0.3, 0.4) is 0 Å². The summed E-state index contributed by atoms with van der Waals surface area (Å²) in [5, 5.41) is 0. The van der Waals surface area contributed by atoms with Crippen molar-refractivity contribution in [2.45, 2.75) is 18.9 Å². The molecule has 0 spiro atoms. The van der Waals surface area contributed by atoms with E-state index >= 15 is 0 Å². The second-order valence-electron chi connectivity index (χ2n) is 4.91. The van der Waals surface area contributed by atoms with Crippen LogP contribution in [0.25, 0.3) is 0 Å². The summed E-state index contributed by atoms with van der Waals surface area (Å²) in [6.45, 7) is 0.627. The van der Waals surface area contributed by atoms with Crippen LogP contribution in [0.4, 0.5) is 8.78 Å². The predicted molar refractivity (Wildman–Crippen MR) is 72.6 cm³/mol. The molecule has 1 aliphatic heterocycles. The number of aryl methyl sites for hydroxylation is 1. The highest BCUT2D eigenvalue weighted by molar-refractivity contribution is 5.47. The molecule has 1 unspecified atom stereocenters. The first-order valence-corrected chi connectivity index (χ1v) is 6.62. The Morgan fingerprint density at radius 2 is 1.80 bits per heavy atom. The maximum atomic E-state index is 13.9. The standard InChI is InChI=1S/C16H15F2NO/c17-13-8-2-6-11(14(13)18)15(19)12-7-1-4-10-5-3-9-20-16(10)12/h1-2,4,6-8,15H,3,5,9,19H2. The van der Waals surface area contributed by atoms with Gasteiger partial charge in [-0.05, 0) is 24.5 Å². The maximum Gasteiger partial charge on any atom is 0.163 e. The topological polar surface area (TPSA) is 35.2 Å².